The minimum atomic E-state index is -0.167. The molecule has 0 radical (unpaired) electrons. The maximum Gasteiger partial charge on any atom is 0.264 e. The predicted octanol–water partition coefficient (Wildman–Crippen LogP) is 6.25. The summed E-state index contributed by atoms with van der Waals surface area (Å²) in [4.78, 5) is 98.0. The number of aromatic nitrogens is 2. The van der Waals surface area contributed by atoms with Gasteiger partial charge in [-0.15, -0.1) is 45.3 Å². The lowest BCUT2D eigenvalue weighted by molar-refractivity contribution is -0.122. The molecule has 6 N–H and O–H groups in total. The summed E-state index contributed by atoms with van der Waals surface area (Å²) in [6.45, 7) is 9.88. The van der Waals surface area contributed by atoms with Gasteiger partial charge in [-0.3, -0.25) is 28.8 Å². The van der Waals surface area contributed by atoms with Gasteiger partial charge in [-0.2, -0.15) is 0 Å². The highest BCUT2D eigenvalue weighted by Crippen LogP contribution is 2.38. The summed E-state index contributed by atoms with van der Waals surface area (Å²) in [5.74, 6) is 0.291. The second-order valence-electron chi connectivity index (χ2n) is 20.7. The summed E-state index contributed by atoms with van der Waals surface area (Å²) in [7, 11) is 0. The highest BCUT2D eigenvalue weighted by Gasteiger charge is 2.37. The Hall–Kier alpha value is -6.24. The lowest BCUT2D eigenvalue weighted by Gasteiger charge is -2.37. The van der Waals surface area contributed by atoms with Crippen molar-refractivity contribution in [2.24, 2.45) is 0 Å². The third-order valence-corrected chi connectivity index (χ3v) is 19.6. The van der Waals surface area contributed by atoms with Crippen molar-refractivity contribution in [3.63, 3.8) is 0 Å². The van der Waals surface area contributed by atoms with Crippen LogP contribution in [0.5, 0.6) is 0 Å². The first-order valence-corrected chi connectivity index (χ1v) is 30.2. The van der Waals surface area contributed by atoms with Crippen molar-refractivity contribution in [3.8, 4) is 20.9 Å². The maximum absolute atomic E-state index is 13.2. The third-order valence-electron chi connectivity index (χ3n) is 15.2. The number of anilines is 2. The Morgan fingerprint density at radius 3 is 1.32 bits per heavy atom. The number of carbonyl (C=O) groups is 6. The first-order chi connectivity index (χ1) is 38.0. The number of benzene rings is 2. The lowest BCUT2D eigenvalue weighted by atomic mass is 10.0. The average Bonchev–Trinajstić information content (AvgIpc) is 4.33. The number of rotatable bonds is 20. The molecule has 5 fully saturated rings. The Bertz CT molecular complexity index is 2880. The number of amides is 6. The van der Waals surface area contributed by atoms with Gasteiger partial charge < -0.3 is 51.5 Å². The van der Waals surface area contributed by atoms with Crippen molar-refractivity contribution < 1.29 is 28.8 Å². The van der Waals surface area contributed by atoms with Gasteiger partial charge in [-0.05, 0) is 85.3 Å². The van der Waals surface area contributed by atoms with E-state index in [0.29, 0.717) is 85.0 Å². The molecule has 11 rings (SSSR count). The van der Waals surface area contributed by atoms with Crippen LogP contribution in [-0.2, 0) is 32.3 Å². The number of nitrogens with zero attached hydrogens (tertiary/aromatic N) is 6. The third kappa shape index (κ3) is 13.3. The SMILES string of the molecule is O=C(CCN1CCN(CCC(=O)NCc2ccc(-c3cnc(C4CN(C(=O)c5ccc(NC(=O)[C@@H]6CCCN6)s5)C4)s3)cc2)CC1)NCc1ccc(-c2cnc(C3CN(C(=O)c4ccc(NC(=O)[C@@H]5CCCN5)s4)C3)s2)cc1. The zero-order valence-corrected chi connectivity index (χ0v) is 46.6. The van der Waals surface area contributed by atoms with Crippen molar-refractivity contribution in [1.82, 2.24) is 50.8 Å². The molecule has 18 nitrogen and oxygen atoms in total. The molecule has 4 aromatic heterocycles. The minimum Gasteiger partial charge on any atom is -0.352 e. The van der Waals surface area contributed by atoms with Crippen molar-refractivity contribution >= 4 is 90.8 Å². The number of piperazine rings is 1. The van der Waals surface area contributed by atoms with Crippen LogP contribution >= 0.6 is 45.3 Å². The minimum absolute atomic E-state index is 0.0205. The molecule has 2 aromatic carbocycles. The van der Waals surface area contributed by atoms with Gasteiger partial charge in [0.1, 0.15) is 0 Å². The Morgan fingerprint density at radius 1 is 0.526 bits per heavy atom. The molecular weight excluding hydrogens is 1060 g/mol. The van der Waals surface area contributed by atoms with E-state index in [1.807, 2.05) is 46.5 Å². The van der Waals surface area contributed by atoms with Crippen molar-refractivity contribution in [3.05, 3.63) is 116 Å². The van der Waals surface area contributed by atoms with Crippen LogP contribution in [0.3, 0.4) is 0 Å². The Balaban J connectivity index is 0.528. The Kier molecular flexibility index (Phi) is 17.1. The molecule has 0 bridgehead atoms. The van der Waals surface area contributed by atoms with E-state index in [0.717, 1.165) is 107 Å². The van der Waals surface area contributed by atoms with Crippen LogP contribution in [-0.4, -0.2) is 156 Å². The van der Waals surface area contributed by atoms with Gasteiger partial charge >= 0.3 is 0 Å². The van der Waals surface area contributed by atoms with E-state index in [4.69, 9.17) is 9.97 Å². The van der Waals surface area contributed by atoms with Crippen LogP contribution < -0.4 is 31.9 Å². The summed E-state index contributed by atoms with van der Waals surface area (Å²) in [6, 6.07) is 23.3. The van der Waals surface area contributed by atoms with E-state index in [2.05, 4.69) is 66.0 Å². The lowest BCUT2D eigenvalue weighted by Crippen LogP contribution is -2.48. The second-order valence-corrected chi connectivity index (χ2v) is 25.0. The van der Waals surface area contributed by atoms with Crippen LogP contribution in [0.1, 0.15) is 90.8 Å². The summed E-state index contributed by atoms with van der Waals surface area (Å²) in [5, 5.41) is 21.8. The van der Waals surface area contributed by atoms with Gasteiger partial charge in [0, 0.05) is 116 Å². The molecule has 6 aromatic rings. The fourth-order valence-electron chi connectivity index (χ4n) is 10.3. The van der Waals surface area contributed by atoms with Gasteiger partial charge in [-0.25, -0.2) is 9.97 Å². The van der Waals surface area contributed by atoms with Gasteiger partial charge in [0.15, 0.2) is 0 Å². The molecule has 408 valence electrons. The zero-order chi connectivity index (χ0) is 53.5. The molecule has 5 saturated heterocycles. The number of nitrogens with one attached hydrogen (secondary N) is 6. The van der Waals surface area contributed by atoms with Crippen molar-refractivity contribution in [2.45, 2.75) is 75.5 Å². The average molecular weight is 1130 g/mol. The number of hydrogen-bond donors (Lipinski definition) is 6. The summed E-state index contributed by atoms with van der Waals surface area (Å²) in [6.07, 6.45) is 8.29. The fourth-order valence-corrected chi connectivity index (χ4v) is 14.1. The molecular formula is C56H64N12O6S4. The van der Waals surface area contributed by atoms with Gasteiger partial charge in [-0.1, -0.05) is 48.5 Å². The number of thiophene rings is 2. The van der Waals surface area contributed by atoms with Crippen LogP contribution in [0.25, 0.3) is 20.9 Å². The molecule has 2 atom stereocenters. The monoisotopic (exact) mass is 1130 g/mol. The molecule has 0 aliphatic carbocycles. The molecule has 6 amide bonds. The smallest absolute Gasteiger partial charge is 0.264 e. The van der Waals surface area contributed by atoms with Gasteiger partial charge in [0.2, 0.25) is 23.6 Å². The largest absolute Gasteiger partial charge is 0.352 e. The van der Waals surface area contributed by atoms with Crippen molar-refractivity contribution in [1.29, 1.82) is 0 Å². The molecule has 9 heterocycles. The summed E-state index contributed by atoms with van der Waals surface area (Å²) >= 11 is 5.93. The second kappa shape index (κ2) is 24.8. The molecule has 0 saturated carbocycles. The normalized spacial score (nSPS) is 19.1. The van der Waals surface area contributed by atoms with Crippen LogP contribution in [0.2, 0.25) is 0 Å². The first kappa shape index (κ1) is 53.7. The highest BCUT2D eigenvalue weighted by molar-refractivity contribution is 7.18. The van der Waals surface area contributed by atoms with Gasteiger partial charge in [0.05, 0.1) is 51.6 Å². The maximum atomic E-state index is 13.2. The number of hydrogen-bond acceptors (Lipinski definition) is 16. The van der Waals surface area contributed by atoms with Crippen LogP contribution in [0.4, 0.5) is 10.0 Å². The fraction of sp³-hybridized carbons (Fsp3) is 0.429. The van der Waals surface area contributed by atoms with E-state index in [9.17, 15) is 28.8 Å². The zero-order valence-electron chi connectivity index (χ0n) is 43.3. The molecule has 5 aliphatic heterocycles. The number of carbonyl (C=O) groups excluding carboxylic acids is 6. The van der Waals surface area contributed by atoms with E-state index in [1.165, 1.54) is 22.7 Å². The standard InChI is InChI=1S/C56H64N12O6S4/c69-47(59-27-35-5-9-37(10-6-35)45-29-61-53(77-45)39-31-67(32-39)55(73)43-13-15-49(75-43)63-51(71)41-3-1-19-57-41)17-21-65-23-25-66(26-24-65)22-18-48(70)60-28-36-7-11-38(12-8-36)46-30-62-54(78-46)40-33-68(34-40)56(74)44-14-16-50(76-44)64-52(72)42-4-2-20-58-42/h5-16,29-30,39-42,57-58H,1-4,17-28,31-34H2,(H,59,69)(H,60,70)(H,63,71)(H,64,72)/t41-,42-/m0/s1. The van der Waals surface area contributed by atoms with E-state index in [-0.39, 0.29) is 59.4 Å². The molecule has 78 heavy (non-hydrogen) atoms. The summed E-state index contributed by atoms with van der Waals surface area (Å²) in [5.41, 5.74) is 4.17. The Morgan fingerprint density at radius 2 is 0.936 bits per heavy atom. The first-order valence-electron chi connectivity index (χ1n) is 27.0. The van der Waals surface area contributed by atoms with Gasteiger partial charge in [0.25, 0.3) is 11.8 Å². The van der Waals surface area contributed by atoms with E-state index in [1.54, 1.807) is 46.9 Å². The number of thiazole rings is 2. The van der Waals surface area contributed by atoms with E-state index >= 15 is 0 Å². The molecule has 22 heteroatoms. The van der Waals surface area contributed by atoms with E-state index < -0.39 is 0 Å². The highest BCUT2D eigenvalue weighted by atomic mass is 32.1. The quantitative estimate of drug-likeness (QED) is 0.0501. The molecule has 5 aliphatic rings. The number of likely N-dealkylation sites (tertiary alicyclic amines) is 2. The summed E-state index contributed by atoms with van der Waals surface area (Å²) < 4.78 is 0. The van der Waals surface area contributed by atoms with Crippen LogP contribution in [0, 0.1) is 0 Å². The Labute approximate surface area is 469 Å². The van der Waals surface area contributed by atoms with Crippen molar-refractivity contribution in [2.75, 3.05) is 89.2 Å². The molecule has 0 unspecified atom stereocenters. The van der Waals surface area contributed by atoms with Crippen LogP contribution in [0.15, 0.2) is 85.2 Å². The predicted molar refractivity (Wildman–Crippen MR) is 306 cm³/mol. The molecule has 0 spiro atoms. The topological polar surface area (TPSA) is 213 Å².